The third-order valence-corrected chi connectivity index (χ3v) is 6.19. The number of rotatable bonds is 9. The fourth-order valence-corrected chi connectivity index (χ4v) is 4.40. The van der Waals surface area contributed by atoms with Gasteiger partial charge in [0.15, 0.2) is 10.8 Å². The Morgan fingerprint density at radius 3 is 2.20 bits per heavy atom. The summed E-state index contributed by atoms with van der Waals surface area (Å²) in [4.78, 5) is 28.0. The van der Waals surface area contributed by atoms with Crippen LogP contribution in [0.5, 0.6) is 0 Å². The summed E-state index contributed by atoms with van der Waals surface area (Å²) in [5.74, 6) is -1.48. The van der Waals surface area contributed by atoms with Gasteiger partial charge in [0.05, 0.1) is 5.56 Å². The van der Waals surface area contributed by atoms with Crippen molar-refractivity contribution in [3.8, 4) is 22.3 Å². The number of carboxylic acids is 2. The van der Waals surface area contributed by atoms with Crippen LogP contribution in [0, 0.1) is 0 Å². The Balaban J connectivity index is 1.69. The molecule has 0 bridgehead atoms. The molecule has 1 aromatic heterocycles. The number of nitrogens with zero attached hydrogens (tertiary/aromatic N) is 2. The number of hydrogen-bond donors (Lipinski definition) is 2. The van der Waals surface area contributed by atoms with E-state index >= 15 is 0 Å². The van der Waals surface area contributed by atoms with Crippen LogP contribution in [0.1, 0.15) is 52.0 Å². The van der Waals surface area contributed by atoms with Gasteiger partial charge in [-0.05, 0) is 46.4 Å². The Labute approximate surface area is 208 Å². The van der Waals surface area contributed by atoms with Crippen LogP contribution in [0.25, 0.3) is 22.3 Å². The molecule has 0 saturated heterocycles. The Hall–Kier alpha value is -3.90. The quantitative estimate of drug-likeness (QED) is 0.275. The molecule has 0 aliphatic carbocycles. The number of carboxylic acid groups (broad SMARTS) is 2. The van der Waals surface area contributed by atoms with Gasteiger partial charge in [0.2, 0.25) is 0 Å². The minimum Gasteiger partial charge on any atom is -0.478 e. The van der Waals surface area contributed by atoms with Crippen LogP contribution in [0.3, 0.4) is 0 Å². The highest BCUT2D eigenvalue weighted by molar-refractivity contribution is 6.32. The van der Waals surface area contributed by atoms with Gasteiger partial charge in [0, 0.05) is 13.0 Å². The number of benzene rings is 3. The van der Waals surface area contributed by atoms with Crippen molar-refractivity contribution in [2.45, 2.75) is 32.7 Å². The maximum atomic E-state index is 11.9. The second-order valence-electron chi connectivity index (χ2n) is 8.29. The lowest BCUT2D eigenvalue weighted by Gasteiger charge is -2.13. The number of aromatic carboxylic acids is 2. The highest BCUT2D eigenvalue weighted by Gasteiger charge is 2.21. The molecule has 4 aromatic rings. The molecule has 7 heteroatoms. The normalized spacial score (nSPS) is 10.9. The van der Waals surface area contributed by atoms with Crippen molar-refractivity contribution in [2.24, 2.45) is 0 Å². The molecule has 6 nitrogen and oxygen atoms in total. The van der Waals surface area contributed by atoms with Gasteiger partial charge in [0.1, 0.15) is 5.82 Å². The van der Waals surface area contributed by atoms with Gasteiger partial charge in [0.25, 0.3) is 0 Å². The third kappa shape index (κ3) is 5.28. The number of aryl methyl sites for hydroxylation is 1. The van der Waals surface area contributed by atoms with Crippen molar-refractivity contribution in [1.29, 1.82) is 0 Å². The van der Waals surface area contributed by atoms with E-state index in [-0.39, 0.29) is 16.4 Å². The summed E-state index contributed by atoms with van der Waals surface area (Å²) in [5.41, 5.74) is 4.36. The highest BCUT2D eigenvalue weighted by atomic mass is 35.5. The number of halogens is 1. The first kappa shape index (κ1) is 24.2. The average molecular weight is 489 g/mol. The van der Waals surface area contributed by atoms with Gasteiger partial charge < -0.3 is 14.8 Å². The largest absolute Gasteiger partial charge is 0.478 e. The van der Waals surface area contributed by atoms with E-state index in [1.54, 1.807) is 10.6 Å². The second-order valence-corrected chi connectivity index (χ2v) is 8.65. The van der Waals surface area contributed by atoms with Gasteiger partial charge >= 0.3 is 11.9 Å². The van der Waals surface area contributed by atoms with E-state index in [9.17, 15) is 19.8 Å². The van der Waals surface area contributed by atoms with Crippen LogP contribution < -0.4 is 0 Å². The van der Waals surface area contributed by atoms with E-state index in [1.807, 2.05) is 66.7 Å². The summed E-state index contributed by atoms with van der Waals surface area (Å²) in [6.07, 6.45) is 2.46. The predicted molar refractivity (Wildman–Crippen MR) is 136 cm³/mol. The van der Waals surface area contributed by atoms with Crippen molar-refractivity contribution in [3.63, 3.8) is 0 Å². The van der Waals surface area contributed by atoms with Crippen molar-refractivity contribution in [2.75, 3.05) is 0 Å². The minimum atomic E-state index is -1.12. The summed E-state index contributed by atoms with van der Waals surface area (Å²) in [6.45, 7) is 2.36. The van der Waals surface area contributed by atoms with Crippen molar-refractivity contribution in [3.05, 3.63) is 101 Å². The fraction of sp³-hybridized carbons (Fsp3) is 0.179. The Morgan fingerprint density at radius 1 is 0.886 bits per heavy atom. The number of unbranched alkanes of at least 4 members (excludes halogenated alkanes) is 1. The van der Waals surface area contributed by atoms with Crippen LogP contribution in [0.4, 0.5) is 0 Å². The topological polar surface area (TPSA) is 92.4 Å². The first-order valence-corrected chi connectivity index (χ1v) is 11.8. The number of aromatic nitrogens is 2. The molecule has 0 atom stereocenters. The summed E-state index contributed by atoms with van der Waals surface area (Å²) in [5, 5.41) is 19.4. The van der Waals surface area contributed by atoms with Gasteiger partial charge in [-0.1, -0.05) is 85.6 Å². The van der Waals surface area contributed by atoms with Crippen LogP contribution >= 0.6 is 11.6 Å². The molecule has 0 aliphatic heterocycles. The average Bonchev–Trinajstić information content (AvgIpc) is 3.18. The van der Waals surface area contributed by atoms with Crippen molar-refractivity contribution >= 4 is 23.5 Å². The summed E-state index contributed by atoms with van der Waals surface area (Å²) in [7, 11) is 0. The molecule has 178 valence electrons. The van der Waals surface area contributed by atoms with Gasteiger partial charge in [-0.3, -0.25) is 0 Å². The van der Waals surface area contributed by atoms with E-state index in [2.05, 4.69) is 11.9 Å². The zero-order valence-corrected chi connectivity index (χ0v) is 20.0. The van der Waals surface area contributed by atoms with E-state index in [0.717, 1.165) is 35.1 Å². The molecule has 0 saturated carbocycles. The zero-order valence-electron chi connectivity index (χ0n) is 19.2. The minimum absolute atomic E-state index is 0.0101. The Bertz CT molecular complexity index is 1360. The van der Waals surface area contributed by atoms with Crippen LogP contribution in [0.15, 0.2) is 72.8 Å². The summed E-state index contributed by atoms with van der Waals surface area (Å²) >= 11 is 6.14. The fourth-order valence-electron chi connectivity index (χ4n) is 4.12. The smallest absolute Gasteiger partial charge is 0.355 e. The van der Waals surface area contributed by atoms with Crippen LogP contribution in [-0.2, 0) is 13.0 Å². The molecule has 0 amide bonds. The lowest BCUT2D eigenvalue weighted by atomic mass is 9.94. The van der Waals surface area contributed by atoms with E-state index in [1.165, 1.54) is 0 Å². The standard InChI is InChI=1S/C28H25ClN2O4/c1-2-3-9-24-30-26(29)25(28(34)35)31(24)17-18-10-12-20(13-11-18)23-16-21(14-15-22(23)27(32)33)19-7-5-4-6-8-19/h4-8,10-16H,2-3,9,17H2,1H3,(H,32,33)(H,34,35). The maximum absolute atomic E-state index is 11.9. The first-order chi connectivity index (χ1) is 16.9. The molecule has 2 N–H and O–H groups in total. The first-order valence-electron chi connectivity index (χ1n) is 11.4. The van der Waals surface area contributed by atoms with Gasteiger partial charge in [-0.2, -0.15) is 0 Å². The lowest BCUT2D eigenvalue weighted by Crippen LogP contribution is -2.13. The second kappa shape index (κ2) is 10.6. The lowest BCUT2D eigenvalue weighted by molar-refractivity contribution is 0.0679. The van der Waals surface area contributed by atoms with E-state index < -0.39 is 11.9 Å². The van der Waals surface area contributed by atoms with Gasteiger partial charge in [-0.25, -0.2) is 14.6 Å². The number of imidazole rings is 1. The van der Waals surface area contributed by atoms with E-state index in [0.29, 0.717) is 24.4 Å². The molecule has 35 heavy (non-hydrogen) atoms. The Morgan fingerprint density at radius 2 is 1.57 bits per heavy atom. The Kier molecular flexibility index (Phi) is 7.32. The maximum Gasteiger partial charge on any atom is 0.355 e. The van der Waals surface area contributed by atoms with Crippen molar-refractivity contribution < 1.29 is 19.8 Å². The molecule has 0 aliphatic rings. The van der Waals surface area contributed by atoms with Crippen LogP contribution in [0.2, 0.25) is 5.15 Å². The van der Waals surface area contributed by atoms with Gasteiger partial charge in [-0.15, -0.1) is 0 Å². The molecule has 4 rings (SSSR count). The molecular weight excluding hydrogens is 464 g/mol. The predicted octanol–water partition coefficient (Wildman–Crippen LogP) is 6.66. The molecule has 0 spiro atoms. The van der Waals surface area contributed by atoms with Crippen LogP contribution in [-0.4, -0.2) is 31.7 Å². The monoisotopic (exact) mass is 488 g/mol. The number of carbonyl (C=O) groups is 2. The third-order valence-electron chi connectivity index (χ3n) is 5.92. The molecule has 0 radical (unpaired) electrons. The summed E-state index contributed by atoms with van der Waals surface area (Å²) < 4.78 is 1.65. The zero-order chi connectivity index (χ0) is 24.9. The molecule has 0 unspecified atom stereocenters. The molecule has 3 aromatic carbocycles. The number of hydrogen-bond acceptors (Lipinski definition) is 3. The highest BCUT2D eigenvalue weighted by Crippen LogP contribution is 2.30. The SMILES string of the molecule is CCCCc1nc(Cl)c(C(=O)O)n1Cc1ccc(-c2cc(-c3ccccc3)ccc2C(=O)O)cc1. The molecule has 0 fully saturated rings. The molecular formula is C28H25ClN2O4. The van der Waals surface area contributed by atoms with E-state index in [4.69, 9.17) is 11.6 Å². The van der Waals surface area contributed by atoms with Crippen molar-refractivity contribution in [1.82, 2.24) is 9.55 Å². The summed E-state index contributed by atoms with van der Waals surface area (Å²) in [6, 6.07) is 22.6. The molecule has 1 heterocycles.